The summed E-state index contributed by atoms with van der Waals surface area (Å²) in [5.74, 6) is -2.22. The van der Waals surface area contributed by atoms with Crippen molar-refractivity contribution in [2.45, 2.75) is 32.1 Å². The number of carbonyl (C=O) groups is 1. The largest absolute Gasteiger partial charge is 0.433 e. The molecule has 2 N–H and O–H groups in total. The predicted octanol–water partition coefficient (Wildman–Crippen LogP) is 4.89. The number of halogens is 5. The van der Waals surface area contributed by atoms with Crippen LogP contribution in [0.5, 0.6) is 0 Å². The van der Waals surface area contributed by atoms with E-state index in [1.54, 1.807) is 24.3 Å². The number of amides is 1. The summed E-state index contributed by atoms with van der Waals surface area (Å²) >= 11 is 5.86. The van der Waals surface area contributed by atoms with Crippen LogP contribution in [0.3, 0.4) is 0 Å². The normalized spacial score (nSPS) is 12.3. The molecular weight excluding hydrogens is 536 g/mol. The number of aromatic nitrogens is 1. The Bertz CT molecular complexity index is 1340. The van der Waals surface area contributed by atoms with Crippen molar-refractivity contribution in [1.29, 1.82) is 0 Å². The van der Waals surface area contributed by atoms with Crippen molar-refractivity contribution in [2.75, 3.05) is 16.7 Å². The van der Waals surface area contributed by atoms with Crippen LogP contribution >= 0.6 is 11.6 Å². The molecular formula is C24H23ClF4N4O3S. The van der Waals surface area contributed by atoms with E-state index in [0.29, 0.717) is 16.1 Å². The van der Waals surface area contributed by atoms with Gasteiger partial charge in [0, 0.05) is 30.7 Å². The van der Waals surface area contributed by atoms with Gasteiger partial charge in [-0.1, -0.05) is 35.9 Å². The molecule has 0 aliphatic carbocycles. The second-order valence-corrected chi connectivity index (χ2v) is 9.61. The van der Waals surface area contributed by atoms with E-state index < -0.39 is 40.4 Å². The first-order chi connectivity index (χ1) is 17.4. The zero-order chi connectivity index (χ0) is 27.3. The first kappa shape index (κ1) is 28.2. The molecule has 7 nitrogen and oxygen atoms in total. The van der Waals surface area contributed by atoms with E-state index in [2.05, 4.69) is 15.6 Å². The number of carbonyl (C=O) groups excluding carboxylic acids is 1. The zero-order valence-electron chi connectivity index (χ0n) is 19.6. The van der Waals surface area contributed by atoms with Crippen LogP contribution in [0.2, 0.25) is 5.02 Å². The van der Waals surface area contributed by atoms with Crippen LogP contribution < -0.4 is 14.9 Å². The Kier molecular flexibility index (Phi) is 8.98. The Hall–Kier alpha value is -3.38. The molecule has 2 aromatic carbocycles. The van der Waals surface area contributed by atoms with Crippen molar-refractivity contribution in [3.8, 4) is 0 Å². The molecule has 3 rings (SSSR count). The van der Waals surface area contributed by atoms with Crippen molar-refractivity contribution in [2.24, 2.45) is 0 Å². The van der Waals surface area contributed by atoms with Gasteiger partial charge in [-0.2, -0.15) is 13.2 Å². The Morgan fingerprint density at radius 3 is 2.35 bits per heavy atom. The van der Waals surface area contributed by atoms with Gasteiger partial charge in [0.1, 0.15) is 17.3 Å². The van der Waals surface area contributed by atoms with Crippen LogP contribution in [0.4, 0.5) is 29.1 Å². The number of anilines is 2. The minimum atomic E-state index is -4.66. The smallest absolute Gasteiger partial charge is 0.366 e. The molecule has 1 amide bonds. The number of alkyl halides is 3. The SMILES string of the molecule is CC(C(=O)NCc1ccc(C(F)(F)F)nc1NCc1ccc(Cl)cc1)c1ccc(N(C)[SH](=O)=O)c(F)c1. The van der Waals surface area contributed by atoms with Crippen LogP contribution in [0.1, 0.15) is 35.2 Å². The van der Waals surface area contributed by atoms with Crippen molar-refractivity contribution >= 4 is 39.9 Å². The standard InChI is InChI=1S/C24H23ClF4N4O3S/c1-14(16-5-9-20(19(26)11-16)33(2)37(35)36)23(34)31-13-17-6-10-21(24(27,28)29)32-22(17)30-12-15-3-7-18(25)8-4-15/h3-11,14,37H,12-13H2,1-2H3,(H,30,32)(H,31,34). The third-order valence-electron chi connectivity index (χ3n) is 5.55. The molecule has 1 unspecified atom stereocenters. The molecule has 1 atom stereocenters. The number of benzene rings is 2. The second-order valence-electron chi connectivity index (χ2n) is 8.09. The van der Waals surface area contributed by atoms with E-state index in [-0.39, 0.29) is 24.6 Å². The second kappa shape index (κ2) is 11.8. The maximum atomic E-state index is 14.4. The molecule has 0 aliphatic heterocycles. The Balaban J connectivity index is 1.75. The molecule has 37 heavy (non-hydrogen) atoms. The van der Waals surface area contributed by atoms with Gasteiger partial charge in [-0.05, 0) is 48.4 Å². The average Bonchev–Trinajstić information content (AvgIpc) is 2.85. The topological polar surface area (TPSA) is 91.4 Å². The quantitative estimate of drug-likeness (QED) is 0.257. The van der Waals surface area contributed by atoms with Crippen LogP contribution in [0.15, 0.2) is 54.6 Å². The van der Waals surface area contributed by atoms with E-state index >= 15 is 0 Å². The van der Waals surface area contributed by atoms with Crippen molar-refractivity contribution in [3.05, 3.63) is 87.8 Å². The van der Waals surface area contributed by atoms with Crippen molar-refractivity contribution < 1.29 is 30.8 Å². The Morgan fingerprint density at radius 1 is 1.08 bits per heavy atom. The Labute approximate surface area is 217 Å². The van der Waals surface area contributed by atoms with Crippen LogP contribution in [0.25, 0.3) is 0 Å². The number of hydrogen-bond acceptors (Lipinski definition) is 5. The molecule has 198 valence electrons. The van der Waals surface area contributed by atoms with Crippen molar-refractivity contribution in [1.82, 2.24) is 10.3 Å². The van der Waals surface area contributed by atoms with E-state index in [1.165, 1.54) is 32.2 Å². The Morgan fingerprint density at radius 2 is 1.76 bits per heavy atom. The van der Waals surface area contributed by atoms with E-state index in [9.17, 15) is 30.8 Å². The first-order valence-corrected chi connectivity index (χ1v) is 12.4. The maximum absolute atomic E-state index is 14.4. The lowest BCUT2D eigenvalue weighted by molar-refractivity contribution is -0.141. The minimum Gasteiger partial charge on any atom is -0.366 e. The lowest BCUT2D eigenvalue weighted by Gasteiger charge is -2.18. The fourth-order valence-corrected chi connectivity index (χ4v) is 3.82. The highest BCUT2D eigenvalue weighted by molar-refractivity contribution is 7.74. The number of nitrogens with one attached hydrogen (secondary N) is 2. The molecule has 0 spiro atoms. The highest BCUT2D eigenvalue weighted by Crippen LogP contribution is 2.30. The molecule has 0 bridgehead atoms. The number of hydrogen-bond donors (Lipinski definition) is 3. The molecule has 0 saturated carbocycles. The summed E-state index contributed by atoms with van der Waals surface area (Å²) in [5, 5.41) is 6.01. The summed E-state index contributed by atoms with van der Waals surface area (Å²) in [6, 6.07) is 12.5. The average molecular weight is 559 g/mol. The number of thiol groups is 1. The fraction of sp³-hybridized carbons (Fsp3) is 0.250. The van der Waals surface area contributed by atoms with E-state index in [4.69, 9.17) is 11.6 Å². The van der Waals surface area contributed by atoms with Crippen LogP contribution in [-0.2, 0) is 35.0 Å². The highest BCUT2D eigenvalue weighted by atomic mass is 35.5. The van der Waals surface area contributed by atoms with E-state index in [0.717, 1.165) is 22.0 Å². The van der Waals surface area contributed by atoms with Gasteiger partial charge in [0.25, 0.3) is 0 Å². The van der Waals surface area contributed by atoms with Gasteiger partial charge in [0.05, 0.1) is 11.6 Å². The fourth-order valence-electron chi connectivity index (χ4n) is 3.36. The lowest BCUT2D eigenvalue weighted by Crippen LogP contribution is -2.28. The molecule has 0 aliphatic rings. The molecule has 0 fully saturated rings. The summed E-state index contributed by atoms with van der Waals surface area (Å²) in [6.45, 7) is 1.54. The zero-order valence-corrected chi connectivity index (χ0v) is 21.3. The summed E-state index contributed by atoms with van der Waals surface area (Å²) in [7, 11) is -1.84. The molecule has 0 saturated heterocycles. The molecule has 13 heteroatoms. The molecule has 0 radical (unpaired) electrons. The lowest BCUT2D eigenvalue weighted by atomic mass is 9.99. The van der Waals surface area contributed by atoms with Crippen LogP contribution in [-0.4, -0.2) is 26.4 Å². The van der Waals surface area contributed by atoms with E-state index in [1.807, 2.05) is 0 Å². The predicted molar refractivity (Wildman–Crippen MR) is 133 cm³/mol. The number of pyridine rings is 1. The van der Waals surface area contributed by atoms with Gasteiger partial charge in [-0.15, -0.1) is 0 Å². The van der Waals surface area contributed by atoms with Gasteiger partial charge in [0.15, 0.2) is 0 Å². The third-order valence-corrected chi connectivity index (χ3v) is 6.51. The monoisotopic (exact) mass is 558 g/mol. The molecule has 3 aromatic rings. The van der Waals surface area contributed by atoms with Gasteiger partial charge >= 0.3 is 6.18 Å². The summed E-state index contributed by atoms with van der Waals surface area (Å²) < 4.78 is 77.0. The third kappa shape index (κ3) is 7.32. The van der Waals surface area contributed by atoms with Gasteiger partial charge in [-0.3, -0.25) is 9.10 Å². The summed E-state index contributed by atoms with van der Waals surface area (Å²) in [6.07, 6.45) is -4.66. The van der Waals surface area contributed by atoms with Gasteiger partial charge in [0.2, 0.25) is 16.8 Å². The highest BCUT2D eigenvalue weighted by Gasteiger charge is 2.33. The van der Waals surface area contributed by atoms with Gasteiger partial charge in [-0.25, -0.2) is 17.8 Å². The summed E-state index contributed by atoms with van der Waals surface area (Å²) in [5.41, 5.74) is 0.101. The number of nitrogens with zero attached hydrogens (tertiary/aromatic N) is 2. The minimum absolute atomic E-state index is 0.0529. The van der Waals surface area contributed by atoms with Gasteiger partial charge < -0.3 is 10.6 Å². The summed E-state index contributed by atoms with van der Waals surface area (Å²) in [4.78, 5) is 16.4. The maximum Gasteiger partial charge on any atom is 0.433 e. The van der Waals surface area contributed by atoms with Crippen molar-refractivity contribution in [3.63, 3.8) is 0 Å². The first-order valence-electron chi connectivity index (χ1n) is 10.9. The molecule has 1 heterocycles. The molecule has 1 aromatic heterocycles. The van der Waals surface area contributed by atoms with Crippen LogP contribution in [0, 0.1) is 5.82 Å². The number of rotatable bonds is 9.